The van der Waals surface area contributed by atoms with Crippen LogP contribution >= 0.6 is 0 Å². The van der Waals surface area contributed by atoms with Crippen molar-refractivity contribution in [1.82, 2.24) is 4.98 Å². The highest BCUT2D eigenvalue weighted by Gasteiger charge is 2.51. The molecule has 0 amide bonds. The minimum absolute atomic E-state index is 0.315. The number of fused-ring (bicyclic) bond motifs is 3. The van der Waals surface area contributed by atoms with Gasteiger partial charge in [-0.3, -0.25) is 4.98 Å². The molecule has 1 aromatic heterocycles. The summed E-state index contributed by atoms with van der Waals surface area (Å²) in [5.41, 5.74) is 3.61. The van der Waals surface area contributed by atoms with Crippen LogP contribution < -0.4 is 5.46 Å². The Morgan fingerprint density at radius 3 is 1.81 bits per heavy atom. The number of methoxy groups -OCH3 is 2. The van der Waals surface area contributed by atoms with E-state index in [1.807, 2.05) is 107 Å². The molecule has 0 unspecified atom stereocenters. The van der Waals surface area contributed by atoms with Gasteiger partial charge in [-0.15, -0.1) is 0 Å². The van der Waals surface area contributed by atoms with E-state index in [1.54, 1.807) is 12.1 Å². The van der Waals surface area contributed by atoms with Crippen molar-refractivity contribution >= 4 is 56.8 Å². The number of aromatic nitrogens is 1. The first-order chi connectivity index (χ1) is 22.5. The fourth-order valence-electron chi connectivity index (χ4n) is 5.83. The van der Waals surface area contributed by atoms with Gasteiger partial charge in [0.25, 0.3) is 0 Å². The van der Waals surface area contributed by atoms with E-state index in [4.69, 9.17) is 18.8 Å². The van der Waals surface area contributed by atoms with Crippen LogP contribution in [-0.2, 0) is 18.8 Å². The monoisotopic (exact) mass is 625 g/mol. The number of ether oxygens (including phenoxy) is 2. The molecule has 1 saturated heterocycles. The predicted octanol–water partition coefficient (Wildman–Crippen LogP) is 7.77. The van der Waals surface area contributed by atoms with E-state index in [0.29, 0.717) is 11.1 Å². The molecule has 2 heterocycles. The van der Waals surface area contributed by atoms with Crippen molar-refractivity contribution < 1.29 is 28.4 Å². The topological polar surface area (TPSA) is 84.0 Å². The highest BCUT2D eigenvalue weighted by atomic mass is 16.7. The molecule has 0 bridgehead atoms. The molecule has 0 N–H and O–H groups in total. The van der Waals surface area contributed by atoms with Crippen molar-refractivity contribution in [3.05, 3.63) is 121 Å². The second-order valence-corrected chi connectivity index (χ2v) is 12.5. The number of esters is 2. The van der Waals surface area contributed by atoms with Crippen LogP contribution in [0.25, 0.3) is 43.4 Å². The molecule has 7 nitrogen and oxygen atoms in total. The third-order valence-electron chi connectivity index (χ3n) is 9.11. The Hall–Kier alpha value is -5.05. The van der Waals surface area contributed by atoms with Gasteiger partial charge >= 0.3 is 19.1 Å². The summed E-state index contributed by atoms with van der Waals surface area (Å²) in [5, 5.41) is 6.01. The quantitative estimate of drug-likeness (QED) is 0.146. The molecule has 8 heteroatoms. The van der Waals surface area contributed by atoms with E-state index in [1.165, 1.54) is 14.2 Å². The van der Waals surface area contributed by atoms with E-state index in [-0.39, 0.29) is 23.1 Å². The number of benzene rings is 5. The zero-order chi connectivity index (χ0) is 33.3. The van der Waals surface area contributed by atoms with E-state index in [2.05, 4.69) is 23.2 Å². The Kier molecular flexibility index (Phi) is 8.58. The van der Waals surface area contributed by atoms with Crippen LogP contribution in [0, 0.1) is 0 Å². The van der Waals surface area contributed by atoms with Gasteiger partial charge in [0.2, 0.25) is 0 Å². The zero-order valence-electron chi connectivity index (χ0n) is 27.4. The minimum atomic E-state index is -0.411. The van der Waals surface area contributed by atoms with Gasteiger partial charge in [0, 0.05) is 17.8 Å². The average molecular weight is 626 g/mol. The van der Waals surface area contributed by atoms with Gasteiger partial charge in [0.15, 0.2) is 0 Å². The predicted molar refractivity (Wildman–Crippen MR) is 187 cm³/mol. The van der Waals surface area contributed by atoms with Gasteiger partial charge in [-0.05, 0) is 95.5 Å². The molecule has 0 aliphatic carbocycles. The van der Waals surface area contributed by atoms with Gasteiger partial charge in [-0.1, -0.05) is 72.8 Å². The summed E-state index contributed by atoms with van der Waals surface area (Å²) < 4.78 is 21.9. The van der Waals surface area contributed by atoms with Crippen LogP contribution in [-0.4, -0.2) is 49.5 Å². The number of nitrogens with zero attached hydrogens (tertiary/aromatic N) is 1. The maximum atomic E-state index is 11.9. The Balaban J connectivity index is 0.000000165. The van der Waals surface area contributed by atoms with Crippen LogP contribution in [0.4, 0.5) is 0 Å². The van der Waals surface area contributed by atoms with E-state index >= 15 is 0 Å². The lowest BCUT2D eigenvalue weighted by molar-refractivity contribution is 0.00578. The van der Waals surface area contributed by atoms with Crippen LogP contribution in [0.3, 0.4) is 0 Å². The second kappa shape index (κ2) is 12.6. The lowest BCUT2D eigenvalue weighted by Crippen LogP contribution is -2.41. The molecule has 0 radical (unpaired) electrons. The molecule has 0 atom stereocenters. The molecule has 47 heavy (non-hydrogen) atoms. The molecule has 0 saturated carbocycles. The van der Waals surface area contributed by atoms with Crippen molar-refractivity contribution in [1.29, 1.82) is 0 Å². The highest BCUT2D eigenvalue weighted by molar-refractivity contribution is 6.62. The minimum Gasteiger partial charge on any atom is -0.465 e. The van der Waals surface area contributed by atoms with Crippen molar-refractivity contribution in [2.75, 3.05) is 14.2 Å². The number of hydrogen-bond donors (Lipinski definition) is 0. The molecular formula is C39H36BNO6. The molecule has 1 fully saturated rings. The number of rotatable bonds is 4. The maximum Gasteiger partial charge on any atom is 0.494 e. The van der Waals surface area contributed by atoms with Crippen molar-refractivity contribution in [2.45, 2.75) is 38.9 Å². The number of hydrogen-bond acceptors (Lipinski definition) is 7. The normalized spacial score (nSPS) is 14.9. The molecule has 5 aromatic carbocycles. The van der Waals surface area contributed by atoms with Crippen LogP contribution in [0.1, 0.15) is 48.4 Å². The van der Waals surface area contributed by atoms with Crippen LogP contribution in [0.5, 0.6) is 0 Å². The second-order valence-electron chi connectivity index (χ2n) is 12.5. The van der Waals surface area contributed by atoms with Gasteiger partial charge in [-0.2, -0.15) is 0 Å². The first-order valence-corrected chi connectivity index (χ1v) is 15.4. The van der Waals surface area contributed by atoms with Gasteiger partial charge in [0.05, 0.1) is 36.5 Å². The number of pyridine rings is 1. The van der Waals surface area contributed by atoms with Gasteiger partial charge < -0.3 is 18.8 Å². The molecule has 6 aromatic rings. The maximum absolute atomic E-state index is 11.9. The summed E-state index contributed by atoms with van der Waals surface area (Å²) >= 11 is 0. The molecule has 236 valence electrons. The van der Waals surface area contributed by atoms with Gasteiger partial charge in [0.1, 0.15) is 0 Å². The average Bonchev–Trinajstić information content (AvgIpc) is 3.32. The smallest absolute Gasteiger partial charge is 0.465 e. The Labute approximate surface area is 274 Å². The zero-order valence-corrected chi connectivity index (χ0v) is 27.4. The molecule has 0 spiro atoms. The number of carbonyl (C=O) groups is 2. The molecule has 7 rings (SSSR count). The Morgan fingerprint density at radius 1 is 0.638 bits per heavy atom. The summed E-state index contributed by atoms with van der Waals surface area (Å²) in [5.74, 6) is -0.649. The lowest BCUT2D eigenvalue weighted by Gasteiger charge is -2.32. The van der Waals surface area contributed by atoms with Crippen molar-refractivity contribution in [3.8, 4) is 11.1 Å². The first-order valence-electron chi connectivity index (χ1n) is 15.4. The summed E-state index contributed by atoms with van der Waals surface area (Å²) in [6.45, 7) is 8.12. The summed E-state index contributed by atoms with van der Waals surface area (Å²) in [7, 11) is 2.38. The Bertz CT molecular complexity index is 2120. The van der Waals surface area contributed by atoms with Crippen molar-refractivity contribution in [2.24, 2.45) is 0 Å². The van der Waals surface area contributed by atoms with E-state index in [0.717, 1.165) is 48.9 Å². The van der Waals surface area contributed by atoms with E-state index < -0.39 is 7.12 Å². The Morgan fingerprint density at radius 2 is 1.19 bits per heavy atom. The van der Waals surface area contributed by atoms with Crippen LogP contribution in [0.15, 0.2) is 109 Å². The van der Waals surface area contributed by atoms with Crippen molar-refractivity contribution in [3.63, 3.8) is 0 Å². The third kappa shape index (κ3) is 6.10. The summed E-state index contributed by atoms with van der Waals surface area (Å²) in [6.07, 6.45) is 3.68. The third-order valence-corrected chi connectivity index (χ3v) is 9.11. The lowest BCUT2D eigenvalue weighted by atomic mass is 9.78. The van der Waals surface area contributed by atoms with Crippen LogP contribution in [0.2, 0.25) is 0 Å². The van der Waals surface area contributed by atoms with Gasteiger partial charge in [-0.25, -0.2) is 9.59 Å². The fraction of sp³-hybridized carbons (Fsp3) is 0.205. The van der Waals surface area contributed by atoms with E-state index in [9.17, 15) is 9.59 Å². The molecule has 1 aliphatic heterocycles. The number of carbonyl (C=O) groups excluding carboxylic acids is 2. The SMILES string of the molecule is COC(=O)c1cccc2cc(-c3cccc4cnccc34)ccc12.COC(=O)c1cccc2cc(B3OC(C)(C)C(C)(C)O3)ccc12. The summed E-state index contributed by atoms with van der Waals surface area (Å²) in [6, 6.07) is 31.5. The first kappa shape index (κ1) is 31.9. The summed E-state index contributed by atoms with van der Waals surface area (Å²) in [4.78, 5) is 28.0. The largest absolute Gasteiger partial charge is 0.494 e. The standard InChI is InChI=1S/C21H15NO2.C18H21BO4/c1-24-21(23)20-7-2-4-14-12-15(8-9-18(14)20)17-6-3-5-16-13-22-11-10-19(16)17;1-17(2)18(3,4)23-19(22-17)13-9-10-14-12(11-13)7-6-8-15(14)16(20)21-5/h2-13H,1H3;6-11H,1-5H3. The molecular weight excluding hydrogens is 589 g/mol. The highest BCUT2D eigenvalue weighted by Crippen LogP contribution is 2.37. The molecule has 1 aliphatic rings. The fourth-order valence-corrected chi connectivity index (χ4v) is 5.83.